The Morgan fingerprint density at radius 3 is 2.74 bits per heavy atom. The Morgan fingerprint density at radius 1 is 1.17 bits per heavy atom. The molecule has 1 spiro atoms. The average molecular weight is 596 g/mol. The molecule has 2 bridgehead atoms. The minimum Gasteiger partial charge on any atom is -0.497 e. The van der Waals surface area contributed by atoms with Crippen LogP contribution in [0.25, 0.3) is 0 Å². The second-order valence-electron chi connectivity index (χ2n) is 12.0. The van der Waals surface area contributed by atoms with Crippen LogP contribution in [0.5, 0.6) is 5.75 Å². The monoisotopic (exact) mass is 595 g/mol. The number of anilines is 1. The summed E-state index contributed by atoms with van der Waals surface area (Å²) in [7, 11) is 1.57. The number of carbonyl (C=O) groups excluding carboxylic acids is 3. The number of carbonyl (C=O) groups is 3. The van der Waals surface area contributed by atoms with Crippen molar-refractivity contribution in [2.24, 2.45) is 23.7 Å². The van der Waals surface area contributed by atoms with Crippen LogP contribution in [0.1, 0.15) is 38.7 Å². The number of nitrogens with one attached hydrogen (secondary N) is 2. The Morgan fingerprint density at radius 2 is 1.98 bits per heavy atom. The fourth-order valence-corrected chi connectivity index (χ4v) is 7.43. The van der Waals surface area contributed by atoms with Gasteiger partial charge in [-0.1, -0.05) is 62.6 Å². The lowest BCUT2D eigenvalue weighted by atomic mass is 9.73. The molecule has 2 aromatic rings. The van der Waals surface area contributed by atoms with E-state index in [0.29, 0.717) is 17.4 Å². The lowest BCUT2D eigenvalue weighted by molar-refractivity contribution is -0.142. The number of benzene rings is 2. The van der Waals surface area contributed by atoms with Crippen molar-refractivity contribution in [3.8, 4) is 5.75 Å². The van der Waals surface area contributed by atoms with Crippen LogP contribution >= 0.6 is 11.6 Å². The highest BCUT2D eigenvalue weighted by molar-refractivity contribution is 6.31. The molecule has 42 heavy (non-hydrogen) atoms. The standard InChI is InChI=1S/C32H35ClFN3O5/c1-17-6-4-9-24(18(17)2)36-30(39)28-32-13-12-25(42-32)26(29(38)35-20-10-11-23(34)22(33)15-20)27(32)31(40)37(28)16-19-7-5-8-21(14-19)41-3/h5,7-8,10-15,17-18,24-28H,4,6,9,16H2,1-3H3,(H,35,38)(H,36,39)/t17?,18?,24?,25-,26?,27-,28?,32?/m0/s1. The van der Waals surface area contributed by atoms with Crippen molar-refractivity contribution in [3.05, 3.63) is 71.0 Å². The molecule has 3 heterocycles. The van der Waals surface area contributed by atoms with Crippen LogP contribution in [-0.2, 0) is 25.7 Å². The summed E-state index contributed by atoms with van der Waals surface area (Å²) in [5.74, 6) is -2.06. The SMILES string of the molecule is COc1cccc(CN2C(=O)[C@@H]3C(C(=O)Nc4ccc(F)c(Cl)c4)[C@@H]4C=CC3(O4)C2C(=O)NC2CCCC(C)C2C)c1. The molecule has 222 valence electrons. The number of fused-ring (bicyclic) bond motifs is 1. The molecule has 8 nitrogen and oxygen atoms in total. The van der Waals surface area contributed by atoms with Crippen molar-refractivity contribution in [2.45, 2.75) is 63.4 Å². The van der Waals surface area contributed by atoms with E-state index < -0.39 is 41.3 Å². The summed E-state index contributed by atoms with van der Waals surface area (Å²) in [6.45, 7) is 4.50. The molecule has 6 unspecified atom stereocenters. The van der Waals surface area contributed by atoms with Crippen LogP contribution < -0.4 is 15.4 Å². The van der Waals surface area contributed by atoms with E-state index in [-0.39, 0.29) is 35.3 Å². The summed E-state index contributed by atoms with van der Waals surface area (Å²) in [5.41, 5.74) is -0.200. The summed E-state index contributed by atoms with van der Waals surface area (Å²) in [4.78, 5) is 43.7. The minimum absolute atomic E-state index is 0.0182. The predicted molar refractivity (Wildman–Crippen MR) is 155 cm³/mol. The first-order valence-electron chi connectivity index (χ1n) is 14.5. The van der Waals surface area contributed by atoms with Crippen LogP contribution in [0.3, 0.4) is 0 Å². The molecule has 0 radical (unpaired) electrons. The Kier molecular flexibility index (Phi) is 7.51. The van der Waals surface area contributed by atoms with Crippen molar-refractivity contribution in [3.63, 3.8) is 0 Å². The van der Waals surface area contributed by atoms with E-state index in [1.807, 2.05) is 24.3 Å². The second-order valence-corrected chi connectivity index (χ2v) is 12.4. The largest absolute Gasteiger partial charge is 0.497 e. The zero-order chi connectivity index (χ0) is 29.8. The second kappa shape index (κ2) is 11.0. The lowest BCUT2D eigenvalue weighted by Gasteiger charge is -2.38. The van der Waals surface area contributed by atoms with E-state index in [4.69, 9.17) is 21.1 Å². The van der Waals surface area contributed by atoms with Gasteiger partial charge >= 0.3 is 0 Å². The van der Waals surface area contributed by atoms with Gasteiger partial charge in [0.05, 0.1) is 30.1 Å². The van der Waals surface area contributed by atoms with Crippen molar-refractivity contribution < 1.29 is 28.2 Å². The minimum atomic E-state index is -1.29. The van der Waals surface area contributed by atoms with Gasteiger partial charge in [-0.15, -0.1) is 0 Å². The molecule has 0 aromatic heterocycles. The van der Waals surface area contributed by atoms with Gasteiger partial charge in [0.25, 0.3) is 0 Å². The Hall–Kier alpha value is -3.43. The van der Waals surface area contributed by atoms with Crippen LogP contribution in [0.15, 0.2) is 54.6 Å². The molecule has 3 amide bonds. The predicted octanol–water partition coefficient (Wildman–Crippen LogP) is 4.72. The molecule has 8 atom stereocenters. The van der Waals surface area contributed by atoms with Gasteiger partial charge in [0.1, 0.15) is 23.2 Å². The molecule has 3 fully saturated rings. The maximum atomic E-state index is 14.3. The zero-order valence-corrected chi connectivity index (χ0v) is 24.6. The highest BCUT2D eigenvalue weighted by atomic mass is 35.5. The molecule has 2 saturated heterocycles. The topological polar surface area (TPSA) is 97.0 Å². The molecule has 3 aliphatic heterocycles. The first kappa shape index (κ1) is 28.7. The van der Waals surface area contributed by atoms with Crippen molar-refractivity contribution in [1.29, 1.82) is 0 Å². The molecule has 1 saturated carbocycles. The number of rotatable bonds is 7. The third-order valence-electron chi connectivity index (χ3n) is 9.63. The number of methoxy groups -OCH3 is 1. The smallest absolute Gasteiger partial charge is 0.246 e. The summed E-state index contributed by atoms with van der Waals surface area (Å²) >= 11 is 5.93. The number of hydrogen-bond donors (Lipinski definition) is 2. The van der Waals surface area contributed by atoms with Gasteiger partial charge in [-0.3, -0.25) is 14.4 Å². The number of nitrogens with zero attached hydrogens (tertiary/aromatic N) is 1. The first-order valence-corrected chi connectivity index (χ1v) is 14.9. The number of amides is 3. The van der Waals surface area contributed by atoms with Crippen molar-refractivity contribution >= 4 is 35.0 Å². The van der Waals surface area contributed by atoms with Gasteiger partial charge in [-0.05, 0) is 54.2 Å². The molecule has 2 aromatic carbocycles. The molecule has 4 aliphatic rings. The fourth-order valence-electron chi connectivity index (χ4n) is 7.25. The number of ether oxygens (including phenoxy) is 2. The first-order chi connectivity index (χ1) is 20.1. The average Bonchev–Trinajstić information content (AvgIpc) is 3.61. The summed E-state index contributed by atoms with van der Waals surface area (Å²) < 4.78 is 25.5. The number of likely N-dealkylation sites (tertiary alicyclic amines) is 1. The van der Waals surface area contributed by atoms with Gasteiger partial charge in [-0.25, -0.2) is 4.39 Å². The van der Waals surface area contributed by atoms with Crippen LogP contribution in [-0.4, -0.2) is 53.5 Å². The van der Waals surface area contributed by atoms with Gasteiger partial charge in [0.2, 0.25) is 17.7 Å². The maximum Gasteiger partial charge on any atom is 0.246 e. The van der Waals surface area contributed by atoms with Crippen LogP contribution in [0.4, 0.5) is 10.1 Å². The molecule has 1 aliphatic carbocycles. The van der Waals surface area contributed by atoms with E-state index in [1.165, 1.54) is 18.2 Å². The Bertz CT molecular complexity index is 1450. The van der Waals surface area contributed by atoms with E-state index in [1.54, 1.807) is 24.2 Å². The van der Waals surface area contributed by atoms with Gasteiger partial charge in [0, 0.05) is 18.3 Å². The summed E-state index contributed by atoms with van der Waals surface area (Å²) in [5, 5.41) is 5.91. The molecule has 10 heteroatoms. The van der Waals surface area contributed by atoms with Crippen molar-refractivity contribution in [1.82, 2.24) is 10.2 Å². The molecule has 6 rings (SSSR count). The van der Waals surface area contributed by atoms with Gasteiger partial charge in [-0.2, -0.15) is 0 Å². The molecular weight excluding hydrogens is 561 g/mol. The maximum absolute atomic E-state index is 14.3. The summed E-state index contributed by atoms with van der Waals surface area (Å²) in [6, 6.07) is 10.3. The molecular formula is C32H35ClFN3O5. The third kappa shape index (κ3) is 4.76. The Labute approximate surface area is 249 Å². The van der Waals surface area contributed by atoms with E-state index in [0.717, 1.165) is 24.8 Å². The van der Waals surface area contributed by atoms with E-state index in [9.17, 15) is 18.8 Å². The number of hydrogen-bond acceptors (Lipinski definition) is 5. The van der Waals surface area contributed by atoms with E-state index >= 15 is 0 Å². The Balaban J connectivity index is 1.33. The quantitative estimate of drug-likeness (QED) is 0.452. The highest BCUT2D eigenvalue weighted by Gasteiger charge is 2.72. The van der Waals surface area contributed by atoms with E-state index in [2.05, 4.69) is 24.5 Å². The molecule has 2 N–H and O–H groups in total. The highest BCUT2D eigenvalue weighted by Crippen LogP contribution is 2.55. The van der Waals surface area contributed by atoms with Gasteiger partial charge < -0.3 is 25.0 Å². The van der Waals surface area contributed by atoms with Crippen molar-refractivity contribution in [2.75, 3.05) is 12.4 Å². The lowest BCUT2D eigenvalue weighted by Crippen LogP contribution is -2.57. The zero-order valence-electron chi connectivity index (χ0n) is 23.8. The normalized spacial score (nSPS) is 33.0. The number of halogens is 2. The van der Waals surface area contributed by atoms with Crippen LogP contribution in [0, 0.1) is 29.5 Å². The summed E-state index contributed by atoms with van der Waals surface area (Å²) in [6.07, 6.45) is 5.89. The van der Waals surface area contributed by atoms with Crippen LogP contribution in [0.2, 0.25) is 5.02 Å². The van der Waals surface area contributed by atoms with Gasteiger partial charge in [0.15, 0.2) is 0 Å². The fraction of sp³-hybridized carbons (Fsp3) is 0.469. The third-order valence-corrected chi connectivity index (χ3v) is 9.92.